The average Bonchev–Trinajstić information content (AvgIpc) is 0.918. The van der Waals surface area contributed by atoms with E-state index in [4.69, 9.17) is 17.8 Å². The Bertz CT molecular complexity index is 3.61. The fourth-order valence-electron chi connectivity index (χ4n) is 0. The predicted molar refractivity (Wildman–Crippen MR) is 32.0 cm³/mol. The fraction of sp³-hybridized carbons (Fsp3) is 0. The van der Waals surface area contributed by atoms with Gasteiger partial charge < -0.3 is 0 Å². The first-order chi connectivity index (χ1) is 1.41. The van der Waals surface area contributed by atoms with E-state index in [0.717, 1.165) is 0 Å². The Kier molecular flexibility index (Phi) is 52.8. The van der Waals surface area contributed by atoms with Crippen molar-refractivity contribution in [2.45, 2.75) is 0 Å². The summed E-state index contributed by atoms with van der Waals surface area (Å²) in [6.07, 6.45) is 0. The van der Waals surface area contributed by atoms with Gasteiger partial charge in [-0.3, -0.25) is 0 Å². The molecule has 2 radical (unpaired) electrons. The van der Waals surface area contributed by atoms with E-state index >= 15 is 0 Å². The number of rotatable bonds is 0. The Balaban J connectivity index is -0.0000000200. The van der Waals surface area contributed by atoms with Crippen LogP contribution < -0.4 is 0 Å². The molecule has 0 aliphatic rings. The van der Waals surface area contributed by atoms with Crippen LogP contribution in [0.5, 0.6) is 0 Å². The molecule has 0 nitrogen and oxygen atoms in total. The predicted octanol–water partition coefficient (Wildman–Crippen LogP) is 1.84. The maximum absolute atomic E-state index is 4.93. The standard InChI is InChI=1S/4ClH.Sn/h4*1H;/q;;;;+2/p-2. The molecule has 0 aromatic heterocycles. The van der Waals surface area contributed by atoms with Gasteiger partial charge in [0.1, 0.15) is 0 Å². The summed E-state index contributed by atoms with van der Waals surface area (Å²) in [5.74, 6) is 0. The molecule has 0 atom stereocenters. The summed E-state index contributed by atoms with van der Waals surface area (Å²) in [6, 6.07) is 0. The van der Waals surface area contributed by atoms with Gasteiger partial charge in [0, 0.05) is 0 Å². The summed E-state index contributed by atoms with van der Waals surface area (Å²) in [7, 11) is 9.87. The topological polar surface area (TPSA) is 0 Å². The second kappa shape index (κ2) is 16.7. The molecule has 5 heteroatoms. The van der Waals surface area contributed by atoms with E-state index < -0.39 is 18.9 Å². The molecule has 0 aliphatic heterocycles. The van der Waals surface area contributed by atoms with Crippen molar-refractivity contribution >= 4 is 61.5 Å². The molecular weight excluding hydrogens is 261 g/mol. The van der Waals surface area contributed by atoms with Crippen LogP contribution in [0.25, 0.3) is 0 Å². The summed E-state index contributed by atoms with van der Waals surface area (Å²) < 4.78 is 0. The quantitative estimate of drug-likeness (QED) is 0.585. The van der Waals surface area contributed by atoms with Crippen LogP contribution in [0.3, 0.4) is 0 Å². The molecule has 0 fully saturated rings. The van der Waals surface area contributed by atoms with Crippen molar-refractivity contribution < 1.29 is 0 Å². The van der Waals surface area contributed by atoms with E-state index in [1.165, 1.54) is 0 Å². The normalized spacial score (nSPS) is 3.60. The summed E-state index contributed by atoms with van der Waals surface area (Å²) in [6.45, 7) is 0. The first-order valence-electron chi connectivity index (χ1n) is 0.378. The third-order valence-electron chi connectivity index (χ3n) is 0. The summed E-state index contributed by atoms with van der Waals surface area (Å²) in [5.41, 5.74) is 0. The van der Waals surface area contributed by atoms with Gasteiger partial charge in [0.05, 0.1) is 0 Å². The third-order valence-corrected chi connectivity index (χ3v) is 0. The monoisotopic (exact) mass is 262 g/mol. The first kappa shape index (κ1) is 15.8. The van der Waals surface area contributed by atoms with Crippen LogP contribution in [-0.4, -0.2) is 18.9 Å². The fourth-order valence-corrected chi connectivity index (χ4v) is 0. The van der Waals surface area contributed by atoms with Crippen molar-refractivity contribution in [2.75, 3.05) is 0 Å². The molecular formula is H2Cl4Sn. The number of halogens is 4. The third kappa shape index (κ3) is 24.3. The van der Waals surface area contributed by atoms with Crippen molar-refractivity contribution in [3.8, 4) is 0 Å². The van der Waals surface area contributed by atoms with Gasteiger partial charge in [0.15, 0.2) is 0 Å². The van der Waals surface area contributed by atoms with Gasteiger partial charge >= 0.3 is 36.7 Å². The second-order valence-corrected chi connectivity index (χ2v) is 4.31. The van der Waals surface area contributed by atoms with Gasteiger partial charge in [-0.25, -0.2) is 0 Å². The van der Waals surface area contributed by atoms with Crippen molar-refractivity contribution in [3.63, 3.8) is 0 Å². The summed E-state index contributed by atoms with van der Waals surface area (Å²) in [4.78, 5) is 0. The van der Waals surface area contributed by atoms with Gasteiger partial charge in [-0.15, -0.1) is 24.8 Å². The Morgan fingerprint density at radius 3 is 1.00 bits per heavy atom. The van der Waals surface area contributed by atoms with Crippen LogP contribution >= 0.6 is 42.7 Å². The second-order valence-electron chi connectivity index (χ2n) is 0.0714. The van der Waals surface area contributed by atoms with Gasteiger partial charge in [-0.2, -0.15) is 0 Å². The Morgan fingerprint density at radius 1 is 1.00 bits per heavy atom. The summed E-state index contributed by atoms with van der Waals surface area (Å²) >= 11 is -0.826. The first-order valence-corrected chi connectivity index (χ1v) is 7.61. The van der Waals surface area contributed by atoms with Gasteiger partial charge in [-0.05, 0) is 0 Å². The van der Waals surface area contributed by atoms with Crippen molar-refractivity contribution in [1.29, 1.82) is 0 Å². The van der Waals surface area contributed by atoms with E-state index in [0.29, 0.717) is 0 Å². The van der Waals surface area contributed by atoms with E-state index in [1.807, 2.05) is 0 Å². The molecule has 0 aliphatic carbocycles. The van der Waals surface area contributed by atoms with E-state index in [9.17, 15) is 0 Å². The molecule has 0 heterocycles. The number of hydrogen-bond acceptors (Lipinski definition) is 0. The van der Waals surface area contributed by atoms with Crippen LogP contribution in [0.4, 0.5) is 0 Å². The SMILES string of the molecule is Cl.Cl.[Cl][Sn][Cl]. The average molecular weight is 263 g/mol. The zero-order chi connectivity index (χ0) is 2.71. The molecule has 34 valence electrons. The van der Waals surface area contributed by atoms with E-state index in [-0.39, 0.29) is 24.8 Å². The minimum absolute atomic E-state index is 0. The van der Waals surface area contributed by atoms with Crippen molar-refractivity contribution in [3.05, 3.63) is 0 Å². The van der Waals surface area contributed by atoms with Crippen LogP contribution in [0, 0.1) is 0 Å². The zero-order valence-corrected chi connectivity index (χ0v) is 8.07. The molecule has 0 saturated heterocycles. The molecule has 0 saturated carbocycles. The zero-order valence-electron chi connectivity index (χ0n) is 2.07. The Morgan fingerprint density at radius 2 is 1.00 bits per heavy atom. The minimum atomic E-state index is -0.826. The molecule has 0 rings (SSSR count). The molecule has 0 amide bonds. The number of hydrogen-bond donors (Lipinski definition) is 0. The van der Waals surface area contributed by atoms with Crippen molar-refractivity contribution in [2.24, 2.45) is 0 Å². The molecule has 0 aromatic rings. The van der Waals surface area contributed by atoms with Crippen LogP contribution in [0.1, 0.15) is 0 Å². The van der Waals surface area contributed by atoms with Gasteiger partial charge in [-0.1, -0.05) is 0 Å². The van der Waals surface area contributed by atoms with E-state index in [2.05, 4.69) is 0 Å². The van der Waals surface area contributed by atoms with Crippen LogP contribution in [0.15, 0.2) is 0 Å². The Labute approximate surface area is 61.1 Å². The maximum atomic E-state index is 4.93. The molecule has 0 aromatic carbocycles. The molecule has 0 unspecified atom stereocenters. The molecule has 0 bridgehead atoms. The van der Waals surface area contributed by atoms with Gasteiger partial charge in [0.25, 0.3) is 0 Å². The summed E-state index contributed by atoms with van der Waals surface area (Å²) in [5, 5.41) is 0. The Hall–Kier alpha value is 1.96. The van der Waals surface area contributed by atoms with E-state index in [1.54, 1.807) is 0 Å². The molecule has 5 heavy (non-hydrogen) atoms. The molecule has 0 spiro atoms. The van der Waals surface area contributed by atoms with Crippen molar-refractivity contribution in [1.82, 2.24) is 0 Å². The van der Waals surface area contributed by atoms with Crippen LogP contribution in [-0.2, 0) is 0 Å². The molecule has 0 N–H and O–H groups in total. The van der Waals surface area contributed by atoms with Gasteiger partial charge in [0.2, 0.25) is 0 Å². The van der Waals surface area contributed by atoms with Crippen LogP contribution in [0.2, 0.25) is 0 Å².